The molecule has 0 aliphatic heterocycles. The first-order valence-corrected chi connectivity index (χ1v) is 7.80. The van der Waals surface area contributed by atoms with Crippen molar-refractivity contribution in [1.29, 1.82) is 0 Å². The molecule has 3 aromatic rings. The minimum atomic E-state index is -0.457. The molecule has 2 aromatic carbocycles. The second kappa shape index (κ2) is 6.84. The first-order valence-electron chi connectivity index (χ1n) is 7.80. The first-order chi connectivity index (χ1) is 11.5. The van der Waals surface area contributed by atoms with Crippen LogP contribution >= 0.6 is 0 Å². The standard InChI is InChI=1S/C19H20FN3O/c1-23(2)18(14-4-6-16(20)7-5-14)19(24)22-12-13-3-8-17-15(11-13)9-10-21-17/h3-11,18,21H,12H2,1-2H3,(H,22,24)/t18-/m0/s1. The van der Waals surface area contributed by atoms with Crippen molar-refractivity contribution in [2.24, 2.45) is 0 Å². The lowest BCUT2D eigenvalue weighted by molar-refractivity contribution is -0.125. The number of H-pyrrole nitrogens is 1. The number of nitrogens with zero attached hydrogens (tertiary/aromatic N) is 1. The lowest BCUT2D eigenvalue weighted by Gasteiger charge is -2.24. The number of aromatic amines is 1. The summed E-state index contributed by atoms with van der Waals surface area (Å²) < 4.78 is 13.1. The number of fused-ring (bicyclic) bond motifs is 1. The van der Waals surface area contributed by atoms with E-state index in [1.807, 2.05) is 43.4 Å². The van der Waals surface area contributed by atoms with Crippen molar-refractivity contribution in [3.8, 4) is 0 Å². The Bertz CT molecular complexity index is 839. The summed E-state index contributed by atoms with van der Waals surface area (Å²) >= 11 is 0. The number of aromatic nitrogens is 1. The summed E-state index contributed by atoms with van der Waals surface area (Å²) in [6.07, 6.45) is 1.89. The van der Waals surface area contributed by atoms with E-state index in [2.05, 4.69) is 16.4 Å². The minimum Gasteiger partial charge on any atom is -0.361 e. The van der Waals surface area contributed by atoms with Crippen molar-refractivity contribution in [2.45, 2.75) is 12.6 Å². The van der Waals surface area contributed by atoms with Crippen molar-refractivity contribution in [1.82, 2.24) is 15.2 Å². The fourth-order valence-corrected chi connectivity index (χ4v) is 2.83. The van der Waals surface area contributed by atoms with Gasteiger partial charge in [0.05, 0.1) is 0 Å². The molecule has 5 heteroatoms. The van der Waals surface area contributed by atoms with Gasteiger partial charge in [-0.25, -0.2) is 4.39 Å². The highest BCUT2D eigenvalue weighted by Gasteiger charge is 2.22. The lowest BCUT2D eigenvalue weighted by atomic mass is 10.0. The number of carbonyl (C=O) groups is 1. The number of carbonyl (C=O) groups excluding carboxylic acids is 1. The number of hydrogen-bond donors (Lipinski definition) is 2. The molecule has 0 radical (unpaired) electrons. The van der Waals surface area contributed by atoms with E-state index in [-0.39, 0.29) is 11.7 Å². The van der Waals surface area contributed by atoms with Crippen LogP contribution in [0.15, 0.2) is 54.7 Å². The average Bonchev–Trinajstić information content (AvgIpc) is 3.02. The largest absolute Gasteiger partial charge is 0.361 e. The highest BCUT2D eigenvalue weighted by Crippen LogP contribution is 2.19. The number of nitrogens with one attached hydrogen (secondary N) is 2. The Hall–Kier alpha value is -2.66. The third-order valence-corrected chi connectivity index (χ3v) is 4.03. The van der Waals surface area contributed by atoms with Crippen LogP contribution in [-0.4, -0.2) is 29.9 Å². The van der Waals surface area contributed by atoms with E-state index in [0.717, 1.165) is 22.0 Å². The highest BCUT2D eigenvalue weighted by atomic mass is 19.1. The van der Waals surface area contributed by atoms with Crippen LogP contribution in [0.25, 0.3) is 10.9 Å². The van der Waals surface area contributed by atoms with Crippen molar-refractivity contribution >= 4 is 16.8 Å². The Kier molecular flexibility index (Phi) is 4.62. The molecule has 3 rings (SSSR count). The Balaban J connectivity index is 1.72. The van der Waals surface area contributed by atoms with Crippen molar-refractivity contribution < 1.29 is 9.18 Å². The topological polar surface area (TPSA) is 48.1 Å². The maximum atomic E-state index is 13.1. The second-order valence-electron chi connectivity index (χ2n) is 6.03. The van der Waals surface area contributed by atoms with Gasteiger partial charge in [0.2, 0.25) is 5.91 Å². The van der Waals surface area contributed by atoms with Crippen molar-refractivity contribution in [3.05, 3.63) is 71.7 Å². The molecule has 1 heterocycles. The summed E-state index contributed by atoms with van der Waals surface area (Å²) in [5.41, 5.74) is 2.87. The monoisotopic (exact) mass is 325 g/mol. The Morgan fingerprint density at radius 1 is 1.17 bits per heavy atom. The molecular formula is C19H20FN3O. The van der Waals surface area contributed by atoms with Crippen LogP contribution in [0.5, 0.6) is 0 Å². The zero-order chi connectivity index (χ0) is 17.1. The van der Waals surface area contributed by atoms with Crippen molar-refractivity contribution in [2.75, 3.05) is 14.1 Å². The van der Waals surface area contributed by atoms with Crippen molar-refractivity contribution in [3.63, 3.8) is 0 Å². The van der Waals surface area contributed by atoms with Gasteiger partial charge in [0, 0.05) is 18.3 Å². The molecule has 0 spiro atoms. The van der Waals surface area contributed by atoms with Gasteiger partial charge < -0.3 is 10.3 Å². The molecule has 4 nitrogen and oxygen atoms in total. The van der Waals surface area contributed by atoms with Gasteiger partial charge in [-0.05, 0) is 60.9 Å². The van der Waals surface area contributed by atoms with Gasteiger partial charge in [-0.1, -0.05) is 18.2 Å². The quantitative estimate of drug-likeness (QED) is 0.757. The molecule has 1 aromatic heterocycles. The van der Waals surface area contributed by atoms with Crippen LogP contribution in [0.4, 0.5) is 4.39 Å². The Labute approximate surface area is 140 Å². The molecule has 0 unspecified atom stereocenters. The molecule has 0 saturated carbocycles. The molecule has 1 atom stereocenters. The molecule has 124 valence electrons. The third kappa shape index (κ3) is 3.46. The molecule has 1 amide bonds. The number of likely N-dealkylation sites (N-methyl/N-ethyl adjacent to an activating group) is 1. The summed E-state index contributed by atoms with van der Waals surface area (Å²) in [5, 5.41) is 4.08. The fourth-order valence-electron chi connectivity index (χ4n) is 2.83. The molecule has 0 aliphatic rings. The molecular weight excluding hydrogens is 305 g/mol. The van der Waals surface area contributed by atoms with E-state index < -0.39 is 6.04 Å². The summed E-state index contributed by atoms with van der Waals surface area (Å²) in [6.45, 7) is 0.450. The minimum absolute atomic E-state index is 0.110. The van der Waals surface area contributed by atoms with Gasteiger partial charge in [0.15, 0.2) is 0 Å². The Morgan fingerprint density at radius 2 is 1.92 bits per heavy atom. The van der Waals surface area contributed by atoms with E-state index in [1.54, 1.807) is 12.1 Å². The fraction of sp³-hybridized carbons (Fsp3) is 0.211. The van der Waals surface area contributed by atoms with Gasteiger partial charge in [0.1, 0.15) is 11.9 Å². The molecule has 0 aliphatic carbocycles. The van der Waals surface area contributed by atoms with E-state index in [1.165, 1.54) is 12.1 Å². The maximum absolute atomic E-state index is 13.1. The molecule has 0 fully saturated rings. The number of hydrogen-bond acceptors (Lipinski definition) is 2. The molecule has 0 bridgehead atoms. The predicted octanol–water partition coefficient (Wildman–Crippen LogP) is 3.23. The lowest BCUT2D eigenvalue weighted by Crippen LogP contribution is -2.36. The van der Waals surface area contributed by atoms with Gasteiger partial charge in [-0.3, -0.25) is 9.69 Å². The van der Waals surface area contributed by atoms with Crippen LogP contribution in [-0.2, 0) is 11.3 Å². The number of halogens is 1. The van der Waals surface area contributed by atoms with E-state index >= 15 is 0 Å². The summed E-state index contributed by atoms with van der Waals surface area (Å²) in [6, 6.07) is 13.6. The number of rotatable bonds is 5. The van der Waals surface area contributed by atoms with E-state index in [4.69, 9.17) is 0 Å². The zero-order valence-corrected chi connectivity index (χ0v) is 13.7. The molecule has 0 saturated heterocycles. The van der Waals surface area contributed by atoms with Crippen LogP contribution in [0.1, 0.15) is 17.2 Å². The predicted molar refractivity (Wildman–Crippen MR) is 93.0 cm³/mol. The summed E-state index contributed by atoms with van der Waals surface area (Å²) in [5.74, 6) is -0.419. The maximum Gasteiger partial charge on any atom is 0.242 e. The van der Waals surface area contributed by atoms with Crippen LogP contribution in [0, 0.1) is 5.82 Å². The third-order valence-electron chi connectivity index (χ3n) is 4.03. The van der Waals surface area contributed by atoms with Gasteiger partial charge >= 0.3 is 0 Å². The average molecular weight is 325 g/mol. The highest BCUT2D eigenvalue weighted by molar-refractivity contribution is 5.83. The summed E-state index contributed by atoms with van der Waals surface area (Å²) in [7, 11) is 3.67. The number of benzene rings is 2. The zero-order valence-electron chi connectivity index (χ0n) is 13.7. The second-order valence-corrected chi connectivity index (χ2v) is 6.03. The van der Waals surface area contributed by atoms with E-state index in [9.17, 15) is 9.18 Å². The Morgan fingerprint density at radius 3 is 2.62 bits per heavy atom. The molecule has 24 heavy (non-hydrogen) atoms. The first kappa shape index (κ1) is 16.2. The van der Waals surface area contributed by atoms with E-state index in [0.29, 0.717) is 6.54 Å². The number of amides is 1. The smallest absolute Gasteiger partial charge is 0.242 e. The SMILES string of the molecule is CN(C)[C@H](C(=O)NCc1ccc2[nH]ccc2c1)c1ccc(F)cc1. The normalized spacial score (nSPS) is 12.5. The van der Waals surface area contributed by atoms with Gasteiger partial charge in [-0.2, -0.15) is 0 Å². The van der Waals surface area contributed by atoms with Gasteiger partial charge in [-0.15, -0.1) is 0 Å². The van der Waals surface area contributed by atoms with Crippen LogP contribution in [0.2, 0.25) is 0 Å². The molecule has 2 N–H and O–H groups in total. The van der Waals surface area contributed by atoms with Gasteiger partial charge in [0.25, 0.3) is 0 Å². The van der Waals surface area contributed by atoms with Crippen LogP contribution < -0.4 is 5.32 Å². The summed E-state index contributed by atoms with van der Waals surface area (Å²) in [4.78, 5) is 17.6. The van der Waals surface area contributed by atoms with Crippen LogP contribution in [0.3, 0.4) is 0 Å².